The van der Waals surface area contributed by atoms with E-state index in [-0.39, 0.29) is 39.5 Å². The highest BCUT2D eigenvalue weighted by Crippen LogP contribution is 2.26. The van der Waals surface area contributed by atoms with Gasteiger partial charge in [0.25, 0.3) is 11.7 Å². The zero-order valence-electron chi connectivity index (χ0n) is 11.0. The third-order valence-corrected chi connectivity index (χ3v) is 3.63. The Hall–Kier alpha value is -1.73. The van der Waals surface area contributed by atoms with Gasteiger partial charge in [-0.2, -0.15) is 8.78 Å². The van der Waals surface area contributed by atoms with Crippen LogP contribution in [0.5, 0.6) is 0 Å². The minimum absolute atomic E-state index is 0.0159. The molecule has 0 spiro atoms. The second kappa shape index (κ2) is 7.51. The van der Waals surface area contributed by atoms with Crippen LogP contribution in [-0.4, -0.2) is 16.6 Å². The molecule has 1 amide bonds. The number of benzene rings is 1. The van der Waals surface area contributed by atoms with E-state index in [1.165, 1.54) is 30.5 Å². The fraction of sp³-hybridized carbons (Fsp3) is 0.143. The van der Waals surface area contributed by atoms with E-state index in [4.69, 9.17) is 11.6 Å². The normalized spacial score (nSPS) is 10.8. The molecule has 0 fully saturated rings. The fourth-order valence-electron chi connectivity index (χ4n) is 1.68. The molecular formula is C14H10ClF3N2OS. The maximum atomic E-state index is 13.6. The molecule has 2 aromatic rings. The van der Waals surface area contributed by atoms with E-state index in [9.17, 15) is 18.0 Å². The molecule has 1 N–H and O–H groups in total. The van der Waals surface area contributed by atoms with Crippen LogP contribution in [0.15, 0.2) is 41.6 Å². The number of pyridine rings is 1. The van der Waals surface area contributed by atoms with Crippen LogP contribution >= 0.6 is 23.4 Å². The van der Waals surface area contributed by atoms with Crippen molar-refractivity contribution in [3.63, 3.8) is 0 Å². The minimum atomic E-state index is -2.69. The number of carbonyl (C=O) groups excluding carboxylic acids is 1. The van der Waals surface area contributed by atoms with E-state index in [1.54, 1.807) is 0 Å². The number of aromatic nitrogens is 1. The summed E-state index contributed by atoms with van der Waals surface area (Å²) in [7, 11) is 0. The van der Waals surface area contributed by atoms with Gasteiger partial charge in [-0.25, -0.2) is 9.37 Å². The highest BCUT2D eigenvalue weighted by Gasteiger charge is 2.16. The number of nitrogens with one attached hydrogen (secondary N) is 1. The van der Waals surface area contributed by atoms with Crippen LogP contribution in [0, 0.1) is 5.82 Å². The highest BCUT2D eigenvalue weighted by atomic mass is 35.5. The van der Waals surface area contributed by atoms with Crippen LogP contribution < -0.4 is 5.32 Å². The number of carbonyl (C=O) groups is 1. The van der Waals surface area contributed by atoms with Gasteiger partial charge in [0, 0.05) is 23.3 Å². The third-order valence-electron chi connectivity index (χ3n) is 2.67. The molecule has 2 rings (SSSR count). The number of nitrogens with zero attached hydrogens (tertiary/aromatic N) is 1. The average molecular weight is 347 g/mol. The molecule has 0 unspecified atom stereocenters. The smallest absolute Gasteiger partial charge is 0.290 e. The molecule has 1 heterocycles. The summed E-state index contributed by atoms with van der Waals surface area (Å²) in [5.41, 5.74) is 0.256. The predicted molar refractivity (Wildman–Crippen MR) is 78.7 cm³/mol. The van der Waals surface area contributed by atoms with Gasteiger partial charge in [-0.15, -0.1) is 0 Å². The molecule has 0 radical (unpaired) electrons. The Morgan fingerprint density at radius 2 is 2.14 bits per heavy atom. The number of hydrogen-bond donors (Lipinski definition) is 1. The van der Waals surface area contributed by atoms with Gasteiger partial charge >= 0.3 is 0 Å². The second-order valence-electron chi connectivity index (χ2n) is 4.15. The van der Waals surface area contributed by atoms with Crippen molar-refractivity contribution in [3.8, 4) is 0 Å². The Morgan fingerprint density at radius 3 is 2.82 bits per heavy atom. The average Bonchev–Trinajstić information content (AvgIpc) is 2.46. The monoisotopic (exact) mass is 346 g/mol. The Balaban J connectivity index is 2.09. The molecular weight excluding hydrogens is 337 g/mol. The lowest BCUT2D eigenvalue weighted by Crippen LogP contribution is -2.24. The van der Waals surface area contributed by atoms with Gasteiger partial charge in [-0.05, 0) is 36.0 Å². The summed E-state index contributed by atoms with van der Waals surface area (Å²) in [6.07, 6.45) is 1.32. The molecule has 0 bridgehead atoms. The lowest BCUT2D eigenvalue weighted by molar-refractivity contribution is 0.0947. The van der Waals surface area contributed by atoms with Gasteiger partial charge in [0.1, 0.15) is 10.8 Å². The van der Waals surface area contributed by atoms with Crippen molar-refractivity contribution in [2.24, 2.45) is 0 Å². The van der Waals surface area contributed by atoms with Crippen LogP contribution in [0.2, 0.25) is 5.02 Å². The second-order valence-corrected chi connectivity index (χ2v) is 5.57. The van der Waals surface area contributed by atoms with E-state index in [0.29, 0.717) is 0 Å². The number of amides is 1. The Labute approximate surface area is 133 Å². The first kappa shape index (κ1) is 16.6. The lowest BCUT2D eigenvalue weighted by atomic mass is 10.2. The summed E-state index contributed by atoms with van der Waals surface area (Å²) < 4.78 is 38.5. The van der Waals surface area contributed by atoms with Crippen molar-refractivity contribution < 1.29 is 18.0 Å². The van der Waals surface area contributed by atoms with Gasteiger partial charge in [0.15, 0.2) is 0 Å². The van der Waals surface area contributed by atoms with Crippen LogP contribution in [-0.2, 0) is 6.54 Å². The summed E-state index contributed by atoms with van der Waals surface area (Å²) in [6, 6.07) is 6.91. The number of hydrogen-bond acceptors (Lipinski definition) is 3. The molecule has 1 aromatic heterocycles. The van der Waals surface area contributed by atoms with E-state index < -0.39 is 17.5 Å². The molecule has 0 saturated heterocycles. The number of halogens is 4. The SMILES string of the molecule is O=C(NCc1ccc(Cl)cc1F)c1cccnc1SC(F)F. The van der Waals surface area contributed by atoms with Gasteiger partial charge in [-0.3, -0.25) is 4.79 Å². The number of thioether (sulfide) groups is 1. The Bertz CT molecular complexity index is 685. The molecule has 0 aliphatic heterocycles. The zero-order chi connectivity index (χ0) is 16.1. The van der Waals surface area contributed by atoms with E-state index in [2.05, 4.69) is 10.3 Å². The minimum Gasteiger partial charge on any atom is -0.348 e. The van der Waals surface area contributed by atoms with Crippen LogP contribution in [0.3, 0.4) is 0 Å². The molecule has 0 atom stereocenters. The first-order valence-electron chi connectivity index (χ1n) is 6.09. The van der Waals surface area contributed by atoms with Gasteiger partial charge in [0.05, 0.1) is 5.56 Å². The quantitative estimate of drug-likeness (QED) is 0.828. The fourth-order valence-corrected chi connectivity index (χ4v) is 2.41. The third kappa shape index (κ3) is 4.38. The van der Waals surface area contributed by atoms with Crippen LogP contribution in [0.1, 0.15) is 15.9 Å². The summed E-state index contributed by atoms with van der Waals surface area (Å²) in [6.45, 7) is -0.0878. The van der Waals surface area contributed by atoms with Gasteiger partial charge in [-0.1, -0.05) is 17.7 Å². The molecule has 8 heteroatoms. The van der Waals surface area contributed by atoms with Crippen LogP contribution in [0.25, 0.3) is 0 Å². The van der Waals surface area contributed by atoms with Gasteiger partial charge in [0.2, 0.25) is 0 Å². The number of alkyl halides is 2. The van der Waals surface area contributed by atoms with Gasteiger partial charge < -0.3 is 5.32 Å². The standard InChI is InChI=1S/C14H10ClF3N2OS/c15-9-4-3-8(11(16)6-9)7-20-12(21)10-2-1-5-19-13(10)22-14(17)18/h1-6,14H,7H2,(H,20,21). The molecule has 3 nitrogen and oxygen atoms in total. The maximum absolute atomic E-state index is 13.6. The zero-order valence-corrected chi connectivity index (χ0v) is 12.6. The number of rotatable bonds is 5. The summed E-state index contributed by atoms with van der Waals surface area (Å²) in [4.78, 5) is 15.8. The van der Waals surface area contributed by atoms with Crippen molar-refractivity contribution >= 4 is 29.3 Å². The highest BCUT2D eigenvalue weighted by molar-refractivity contribution is 7.99. The molecule has 1 aromatic carbocycles. The molecule has 22 heavy (non-hydrogen) atoms. The predicted octanol–water partition coefficient (Wildman–Crippen LogP) is 4.12. The molecule has 116 valence electrons. The largest absolute Gasteiger partial charge is 0.348 e. The van der Waals surface area contributed by atoms with Crippen molar-refractivity contribution in [1.29, 1.82) is 0 Å². The van der Waals surface area contributed by atoms with E-state index in [0.717, 1.165) is 6.07 Å². The topological polar surface area (TPSA) is 42.0 Å². The summed E-state index contributed by atoms with van der Waals surface area (Å²) >= 11 is 5.82. The Morgan fingerprint density at radius 1 is 1.36 bits per heavy atom. The lowest BCUT2D eigenvalue weighted by Gasteiger charge is -2.09. The summed E-state index contributed by atoms with van der Waals surface area (Å²) in [5.74, 6) is -3.85. The first-order chi connectivity index (χ1) is 10.5. The van der Waals surface area contributed by atoms with Crippen molar-refractivity contribution in [2.75, 3.05) is 0 Å². The van der Waals surface area contributed by atoms with Crippen molar-refractivity contribution in [3.05, 3.63) is 58.5 Å². The van der Waals surface area contributed by atoms with Crippen LogP contribution in [0.4, 0.5) is 13.2 Å². The molecule has 0 aliphatic carbocycles. The van der Waals surface area contributed by atoms with Crippen molar-refractivity contribution in [2.45, 2.75) is 17.3 Å². The van der Waals surface area contributed by atoms with E-state index in [1.807, 2.05) is 0 Å². The van der Waals surface area contributed by atoms with Crippen molar-refractivity contribution in [1.82, 2.24) is 10.3 Å². The molecule has 0 saturated carbocycles. The summed E-state index contributed by atoms with van der Waals surface area (Å²) in [5, 5.41) is 2.64. The first-order valence-corrected chi connectivity index (χ1v) is 7.35. The Kier molecular flexibility index (Phi) is 5.68. The van der Waals surface area contributed by atoms with E-state index >= 15 is 0 Å². The molecule has 0 aliphatic rings. The maximum Gasteiger partial charge on any atom is 0.290 e.